The van der Waals surface area contributed by atoms with E-state index in [1.807, 2.05) is 0 Å². The van der Waals surface area contributed by atoms with Crippen LogP contribution in [0.5, 0.6) is 5.75 Å². The number of rotatable bonds is 7. The fourth-order valence-corrected chi connectivity index (χ4v) is 2.72. The molecule has 2 rings (SSSR count). The van der Waals surface area contributed by atoms with Crippen LogP contribution < -0.4 is 10.6 Å². The Morgan fingerprint density at radius 1 is 1.32 bits per heavy atom. The molecule has 1 atom stereocenters. The zero-order valence-corrected chi connectivity index (χ0v) is 16.3. The smallest absolute Gasteiger partial charge is 0.271 e. The number of carbonyl (C=O) groups is 2. The van der Waals surface area contributed by atoms with Gasteiger partial charge in [-0.1, -0.05) is 31.5 Å². The van der Waals surface area contributed by atoms with Gasteiger partial charge in [-0.15, -0.1) is 0 Å². The monoisotopic (exact) mass is 400 g/mol. The van der Waals surface area contributed by atoms with Crippen LogP contribution in [0.3, 0.4) is 0 Å². The van der Waals surface area contributed by atoms with Crippen LogP contribution in [-0.4, -0.2) is 34.0 Å². The van der Waals surface area contributed by atoms with Crippen molar-refractivity contribution < 1.29 is 14.7 Å². The number of nitriles is 1. The molecule has 0 spiro atoms. The van der Waals surface area contributed by atoms with Crippen molar-refractivity contribution in [2.45, 2.75) is 25.8 Å². The molecule has 0 fully saturated rings. The Hall–Kier alpha value is -3.11. The zero-order chi connectivity index (χ0) is 20.7. The SMILES string of the molecule is CC(C)C(C#N)(CNC(=O)Cc1cc(Cl)ccc1O)NC(=O)c1ccccn1. The lowest BCUT2D eigenvalue weighted by atomic mass is 9.87. The summed E-state index contributed by atoms with van der Waals surface area (Å²) in [6.07, 6.45) is 1.37. The van der Waals surface area contributed by atoms with Crippen LogP contribution in [0.1, 0.15) is 29.9 Å². The van der Waals surface area contributed by atoms with Crippen LogP contribution in [0, 0.1) is 17.2 Å². The Morgan fingerprint density at radius 2 is 2.07 bits per heavy atom. The van der Waals surface area contributed by atoms with Gasteiger partial charge in [-0.3, -0.25) is 14.6 Å². The quantitative estimate of drug-likeness (QED) is 0.660. The van der Waals surface area contributed by atoms with Crippen LogP contribution in [0.25, 0.3) is 0 Å². The minimum absolute atomic E-state index is 0.0431. The third kappa shape index (κ3) is 5.21. The van der Waals surface area contributed by atoms with Crippen LogP contribution in [0.15, 0.2) is 42.6 Å². The van der Waals surface area contributed by atoms with Gasteiger partial charge < -0.3 is 15.7 Å². The number of carbonyl (C=O) groups excluding carboxylic acids is 2. The molecule has 0 aliphatic rings. The number of nitrogens with zero attached hydrogens (tertiary/aromatic N) is 2. The summed E-state index contributed by atoms with van der Waals surface area (Å²) < 4.78 is 0. The summed E-state index contributed by atoms with van der Waals surface area (Å²) in [4.78, 5) is 28.7. The molecule has 0 aliphatic heterocycles. The minimum atomic E-state index is -1.32. The van der Waals surface area contributed by atoms with Gasteiger partial charge in [0.2, 0.25) is 5.91 Å². The maximum atomic E-state index is 12.5. The largest absolute Gasteiger partial charge is 0.508 e. The van der Waals surface area contributed by atoms with E-state index in [1.54, 1.807) is 26.0 Å². The molecule has 0 bridgehead atoms. The van der Waals surface area contributed by atoms with Gasteiger partial charge in [0.05, 0.1) is 19.0 Å². The first kappa shape index (κ1) is 21.2. The summed E-state index contributed by atoms with van der Waals surface area (Å²) in [5.74, 6) is -1.24. The molecule has 28 heavy (non-hydrogen) atoms. The number of aromatic hydroxyl groups is 1. The van der Waals surface area contributed by atoms with Crippen molar-refractivity contribution in [2.24, 2.45) is 5.92 Å². The highest BCUT2D eigenvalue weighted by Crippen LogP contribution is 2.22. The van der Waals surface area contributed by atoms with Crippen molar-refractivity contribution in [1.82, 2.24) is 15.6 Å². The summed E-state index contributed by atoms with van der Waals surface area (Å²) in [5, 5.41) is 25.3. The average Bonchev–Trinajstić information content (AvgIpc) is 2.68. The molecule has 2 amide bonds. The van der Waals surface area contributed by atoms with Crippen LogP contribution in [0.4, 0.5) is 0 Å². The van der Waals surface area contributed by atoms with E-state index in [9.17, 15) is 20.0 Å². The van der Waals surface area contributed by atoms with Gasteiger partial charge in [-0.25, -0.2) is 0 Å². The van der Waals surface area contributed by atoms with Gasteiger partial charge in [0.15, 0.2) is 0 Å². The van der Waals surface area contributed by atoms with Crippen LogP contribution >= 0.6 is 11.6 Å². The number of amides is 2. The molecule has 3 N–H and O–H groups in total. The van der Waals surface area contributed by atoms with Gasteiger partial charge in [-0.2, -0.15) is 5.26 Å². The highest BCUT2D eigenvalue weighted by molar-refractivity contribution is 6.30. The van der Waals surface area contributed by atoms with Crippen molar-refractivity contribution in [1.29, 1.82) is 5.26 Å². The van der Waals surface area contributed by atoms with Crippen molar-refractivity contribution >= 4 is 23.4 Å². The molecular weight excluding hydrogens is 380 g/mol. The lowest BCUT2D eigenvalue weighted by Crippen LogP contribution is -2.58. The molecule has 2 aromatic rings. The van der Waals surface area contributed by atoms with E-state index in [-0.39, 0.29) is 30.3 Å². The van der Waals surface area contributed by atoms with Crippen LogP contribution in [0.2, 0.25) is 5.02 Å². The fourth-order valence-electron chi connectivity index (χ4n) is 2.52. The summed E-state index contributed by atoms with van der Waals surface area (Å²) in [6, 6.07) is 11.4. The minimum Gasteiger partial charge on any atom is -0.508 e. The molecule has 0 aliphatic carbocycles. The Bertz CT molecular complexity index is 896. The van der Waals surface area contributed by atoms with Gasteiger partial charge in [0.1, 0.15) is 17.0 Å². The second-order valence-corrected chi connectivity index (χ2v) is 7.07. The molecule has 1 heterocycles. The van der Waals surface area contributed by atoms with Crippen LogP contribution in [-0.2, 0) is 11.2 Å². The summed E-state index contributed by atoms with van der Waals surface area (Å²) in [5.41, 5.74) is -0.770. The van der Waals surface area contributed by atoms with Gasteiger partial charge in [0, 0.05) is 16.8 Å². The second kappa shape index (κ2) is 9.20. The molecular formula is C20H21ClN4O3. The Morgan fingerprint density at radius 3 is 2.68 bits per heavy atom. The predicted octanol–water partition coefficient (Wildman–Crippen LogP) is 2.45. The molecule has 146 valence electrons. The Labute approximate surface area is 168 Å². The zero-order valence-electron chi connectivity index (χ0n) is 15.6. The molecule has 0 saturated carbocycles. The third-order valence-electron chi connectivity index (χ3n) is 4.38. The van der Waals surface area contributed by atoms with Crippen molar-refractivity contribution in [2.75, 3.05) is 6.54 Å². The van der Waals surface area contributed by atoms with Crippen molar-refractivity contribution in [3.63, 3.8) is 0 Å². The normalized spacial score (nSPS) is 12.7. The second-order valence-electron chi connectivity index (χ2n) is 6.63. The first-order chi connectivity index (χ1) is 13.3. The Balaban J connectivity index is 2.09. The van der Waals surface area contributed by atoms with Crippen molar-refractivity contribution in [3.8, 4) is 11.8 Å². The molecule has 8 heteroatoms. The van der Waals surface area contributed by atoms with E-state index in [1.165, 1.54) is 30.5 Å². The van der Waals surface area contributed by atoms with E-state index in [2.05, 4.69) is 21.7 Å². The third-order valence-corrected chi connectivity index (χ3v) is 4.61. The topological polar surface area (TPSA) is 115 Å². The summed E-state index contributed by atoms with van der Waals surface area (Å²) in [6.45, 7) is 3.45. The number of phenols is 1. The molecule has 7 nitrogen and oxygen atoms in total. The average molecular weight is 401 g/mol. The standard InChI is InChI=1S/C20H21ClN4O3/c1-13(2)20(11-22,25-19(28)16-5-3-4-8-23-16)12-24-18(27)10-14-9-15(21)6-7-17(14)26/h3-9,13,26H,10,12H2,1-2H3,(H,24,27)(H,25,28). The van der Waals surface area contributed by atoms with Gasteiger partial charge >= 0.3 is 0 Å². The predicted molar refractivity (Wildman–Crippen MR) is 105 cm³/mol. The number of hydrogen-bond donors (Lipinski definition) is 3. The first-order valence-electron chi connectivity index (χ1n) is 8.66. The highest BCUT2D eigenvalue weighted by Gasteiger charge is 2.36. The van der Waals surface area contributed by atoms with Gasteiger partial charge in [0.25, 0.3) is 5.91 Å². The highest BCUT2D eigenvalue weighted by atomic mass is 35.5. The number of nitrogens with one attached hydrogen (secondary N) is 2. The summed E-state index contributed by atoms with van der Waals surface area (Å²) in [7, 11) is 0. The van der Waals surface area contributed by atoms with E-state index in [0.717, 1.165) is 0 Å². The number of hydrogen-bond acceptors (Lipinski definition) is 5. The van der Waals surface area contributed by atoms with E-state index < -0.39 is 17.4 Å². The van der Waals surface area contributed by atoms with Gasteiger partial charge in [-0.05, 0) is 36.2 Å². The first-order valence-corrected chi connectivity index (χ1v) is 9.04. The van der Waals surface area contributed by atoms with Crippen molar-refractivity contribution in [3.05, 3.63) is 58.9 Å². The maximum Gasteiger partial charge on any atom is 0.271 e. The lowest BCUT2D eigenvalue weighted by molar-refractivity contribution is -0.120. The number of halogens is 1. The van der Waals surface area contributed by atoms with E-state index >= 15 is 0 Å². The molecule has 1 unspecified atom stereocenters. The number of pyridine rings is 1. The fraction of sp³-hybridized carbons (Fsp3) is 0.300. The number of aromatic nitrogens is 1. The molecule has 1 aromatic heterocycles. The van der Waals surface area contributed by atoms with E-state index in [0.29, 0.717) is 10.6 Å². The molecule has 1 aromatic carbocycles. The summed E-state index contributed by atoms with van der Waals surface area (Å²) >= 11 is 5.89. The maximum absolute atomic E-state index is 12.5. The molecule has 0 saturated heterocycles. The Kier molecular flexibility index (Phi) is 6.96. The number of phenolic OH excluding ortho intramolecular Hbond substituents is 1. The number of benzene rings is 1. The lowest BCUT2D eigenvalue weighted by Gasteiger charge is -2.31. The molecule has 0 radical (unpaired) electrons. The van der Waals surface area contributed by atoms with E-state index in [4.69, 9.17) is 11.6 Å².